The van der Waals surface area contributed by atoms with E-state index in [1.165, 1.54) is 0 Å². The van der Waals surface area contributed by atoms with Gasteiger partial charge in [0, 0.05) is 12.8 Å². The molecule has 0 radical (unpaired) electrons. The van der Waals surface area contributed by atoms with E-state index < -0.39 is 0 Å². The van der Waals surface area contributed by atoms with Crippen LogP contribution in [0, 0.1) is 13.8 Å². The van der Waals surface area contributed by atoms with Crippen molar-refractivity contribution in [1.82, 2.24) is 0 Å². The summed E-state index contributed by atoms with van der Waals surface area (Å²) in [6.07, 6.45) is 0. The summed E-state index contributed by atoms with van der Waals surface area (Å²) < 4.78 is 10.4. The molecule has 2 aromatic rings. The molecule has 0 atom stereocenters. The minimum absolute atomic E-state index is 0.163. The molecule has 0 aliphatic heterocycles. The molecule has 4 heteroatoms. The number of carbonyl (C=O) groups is 1. The Morgan fingerprint density at radius 2 is 2.11 bits per heavy atom. The molecule has 1 N–H and O–H groups in total. The normalized spacial score (nSPS) is 10.5. The van der Waals surface area contributed by atoms with Crippen LogP contribution >= 0.6 is 0 Å². The molecule has 2 rings (SSSR count). The third kappa shape index (κ3) is 3.23. The summed E-state index contributed by atoms with van der Waals surface area (Å²) in [6.45, 7) is 4.12. The number of benzene rings is 1. The maximum Gasteiger partial charge on any atom is 0.259 e. The Morgan fingerprint density at radius 1 is 1.32 bits per heavy atom. The summed E-state index contributed by atoms with van der Waals surface area (Å²) in [5.41, 5.74) is 2.33. The van der Waals surface area contributed by atoms with Crippen LogP contribution in [-0.2, 0) is 11.3 Å². The molecule has 0 bridgehead atoms. The molecule has 19 heavy (non-hydrogen) atoms. The standard InChI is InChI=1S/C15H17NO3/c1-10-7-14(11(2)19-10)15(17)16-13-6-4-5-12(8-13)9-18-3/h4-8H,9H2,1-3H3,(H,16,17). The van der Waals surface area contributed by atoms with E-state index in [2.05, 4.69) is 5.32 Å². The van der Waals surface area contributed by atoms with Crippen LogP contribution in [0.25, 0.3) is 0 Å². The molecule has 1 heterocycles. The van der Waals surface area contributed by atoms with Crippen LogP contribution in [-0.4, -0.2) is 13.0 Å². The fourth-order valence-corrected chi connectivity index (χ4v) is 1.96. The van der Waals surface area contributed by atoms with E-state index in [4.69, 9.17) is 9.15 Å². The largest absolute Gasteiger partial charge is 0.466 e. The second kappa shape index (κ2) is 5.71. The first-order valence-electron chi connectivity index (χ1n) is 6.06. The Morgan fingerprint density at radius 3 is 2.74 bits per heavy atom. The average Bonchev–Trinajstić information content (AvgIpc) is 2.69. The van der Waals surface area contributed by atoms with Crippen molar-refractivity contribution < 1.29 is 13.9 Å². The highest BCUT2D eigenvalue weighted by Crippen LogP contribution is 2.17. The van der Waals surface area contributed by atoms with Crippen LogP contribution in [0.4, 0.5) is 5.69 Å². The van der Waals surface area contributed by atoms with Crippen LogP contribution < -0.4 is 5.32 Å². The molecule has 0 spiro atoms. The lowest BCUT2D eigenvalue weighted by molar-refractivity contribution is 0.102. The highest BCUT2D eigenvalue weighted by molar-refractivity contribution is 6.05. The van der Waals surface area contributed by atoms with E-state index in [-0.39, 0.29) is 5.91 Å². The fraction of sp³-hybridized carbons (Fsp3) is 0.267. The number of ether oxygens (including phenoxy) is 1. The number of hydrogen-bond donors (Lipinski definition) is 1. The third-order valence-electron chi connectivity index (χ3n) is 2.78. The number of carbonyl (C=O) groups excluding carboxylic acids is 1. The summed E-state index contributed by atoms with van der Waals surface area (Å²) in [4.78, 5) is 12.1. The highest BCUT2D eigenvalue weighted by atomic mass is 16.5. The van der Waals surface area contributed by atoms with Gasteiger partial charge in [0.15, 0.2) is 0 Å². The van der Waals surface area contributed by atoms with Crippen molar-refractivity contribution in [3.05, 3.63) is 53.0 Å². The number of methoxy groups -OCH3 is 1. The number of hydrogen-bond acceptors (Lipinski definition) is 3. The molecule has 0 fully saturated rings. The van der Waals surface area contributed by atoms with E-state index in [9.17, 15) is 4.79 Å². The molecule has 0 saturated carbocycles. The van der Waals surface area contributed by atoms with Crippen molar-refractivity contribution in [1.29, 1.82) is 0 Å². The Bertz CT molecular complexity index is 587. The lowest BCUT2D eigenvalue weighted by atomic mass is 10.2. The summed E-state index contributed by atoms with van der Waals surface area (Å²) in [6, 6.07) is 9.32. The zero-order valence-electron chi connectivity index (χ0n) is 11.3. The Hall–Kier alpha value is -2.07. The van der Waals surface area contributed by atoms with E-state index in [1.54, 1.807) is 20.1 Å². The quantitative estimate of drug-likeness (QED) is 0.916. The van der Waals surface area contributed by atoms with Crippen molar-refractivity contribution in [3.63, 3.8) is 0 Å². The zero-order valence-corrected chi connectivity index (χ0v) is 11.3. The van der Waals surface area contributed by atoms with Crippen molar-refractivity contribution in [3.8, 4) is 0 Å². The Balaban J connectivity index is 2.14. The first kappa shape index (κ1) is 13.4. The van der Waals surface area contributed by atoms with Crippen LogP contribution in [0.1, 0.15) is 27.4 Å². The monoisotopic (exact) mass is 259 g/mol. The average molecular weight is 259 g/mol. The van der Waals surface area contributed by atoms with E-state index in [0.717, 1.165) is 17.0 Å². The molecule has 0 aliphatic carbocycles. The molecule has 100 valence electrons. The number of furan rings is 1. The molecule has 0 saturated heterocycles. The summed E-state index contributed by atoms with van der Waals surface area (Å²) in [5, 5.41) is 2.86. The van der Waals surface area contributed by atoms with E-state index >= 15 is 0 Å². The van der Waals surface area contributed by atoms with Gasteiger partial charge in [0.2, 0.25) is 0 Å². The molecule has 4 nitrogen and oxygen atoms in total. The van der Waals surface area contributed by atoms with Gasteiger partial charge in [-0.15, -0.1) is 0 Å². The fourth-order valence-electron chi connectivity index (χ4n) is 1.96. The van der Waals surface area contributed by atoms with Gasteiger partial charge in [0.25, 0.3) is 5.91 Å². The van der Waals surface area contributed by atoms with Gasteiger partial charge in [0.1, 0.15) is 11.5 Å². The van der Waals surface area contributed by atoms with Gasteiger partial charge < -0.3 is 14.5 Å². The number of rotatable bonds is 4. The molecular weight excluding hydrogens is 242 g/mol. The van der Waals surface area contributed by atoms with Crippen molar-refractivity contribution in [2.24, 2.45) is 0 Å². The molecule has 1 amide bonds. The molecule has 1 aromatic heterocycles. The summed E-state index contributed by atoms with van der Waals surface area (Å²) in [5.74, 6) is 1.20. The third-order valence-corrected chi connectivity index (χ3v) is 2.78. The van der Waals surface area contributed by atoms with Gasteiger partial charge >= 0.3 is 0 Å². The second-order valence-corrected chi connectivity index (χ2v) is 4.41. The lowest BCUT2D eigenvalue weighted by Gasteiger charge is -2.06. The minimum Gasteiger partial charge on any atom is -0.466 e. The van der Waals surface area contributed by atoms with Crippen LogP contribution in [0.3, 0.4) is 0 Å². The SMILES string of the molecule is COCc1cccc(NC(=O)c2cc(C)oc2C)c1. The van der Waals surface area contributed by atoms with Crippen molar-refractivity contribution in [2.75, 3.05) is 12.4 Å². The molecule has 0 unspecified atom stereocenters. The lowest BCUT2D eigenvalue weighted by Crippen LogP contribution is -2.12. The van der Waals surface area contributed by atoms with E-state index in [1.807, 2.05) is 31.2 Å². The summed E-state index contributed by atoms with van der Waals surface area (Å²) >= 11 is 0. The van der Waals surface area contributed by atoms with Crippen LogP contribution in [0.15, 0.2) is 34.7 Å². The predicted molar refractivity (Wildman–Crippen MR) is 73.3 cm³/mol. The van der Waals surface area contributed by atoms with Gasteiger partial charge in [-0.1, -0.05) is 12.1 Å². The second-order valence-electron chi connectivity index (χ2n) is 4.41. The highest BCUT2D eigenvalue weighted by Gasteiger charge is 2.13. The predicted octanol–water partition coefficient (Wildman–Crippen LogP) is 3.30. The first-order chi connectivity index (χ1) is 9.10. The Kier molecular flexibility index (Phi) is 4.02. The van der Waals surface area contributed by atoms with Gasteiger partial charge in [-0.05, 0) is 37.6 Å². The smallest absolute Gasteiger partial charge is 0.259 e. The first-order valence-corrected chi connectivity index (χ1v) is 6.06. The molecule has 0 aliphatic rings. The van der Waals surface area contributed by atoms with Crippen molar-refractivity contribution >= 4 is 11.6 Å². The Labute approximate surface area is 112 Å². The van der Waals surface area contributed by atoms with Crippen LogP contribution in [0.5, 0.6) is 0 Å². The minimum atomic E-state index is -0.163. The number of nitrogens with one attached hydrogen (secondary N) is 1. The zero-order chi connectivity index (χ0) is 13.8. The molecule has 1 aromatic carbocycles. The van der Waals surface area contributed by atoms with Gasteiger partial charge in [-0.25, -0.2) is 0 Å². The maximum atomic E-state index is 12.1. The number of anilines is 1. The van der Waals surface area contributed by atoms with E-state index in [0.29, 0.717) is 17.9 Å². The van der Waals surface area contributed by atoms with Gasteiger partial charge in [-0.3, -0.25) is 4.79 Å². The van der Waals surface area contributed by atoms with Gasteiger partial charge in [0.05, 0.1) is 12.2 Å². The van der Waals surface area contributed by atoms with Crippen molar-refractivity contribution in [2.45, 2.75) is 20.5 Å². The number of aryl methyl sites for hydroxylation is 2. The molecular formula is C15H17NO3. The summed E-state index contributed by atoms with van der Waals surface area (Å²) in [7, 11) is 1.64. The number of amides is 1. The topological polar surface area (TPSA) is 51.5 Å². The maximum absolute atomic E-state index is 12.1. The van der Waals surface area contributed by atoms with Crippen LogP contribution in [0.2, 0.25) is 0 Å². The van der Waals surface area contributed by atoms with Gasteiger partial charge in [-0.2, -0.15) is 0 Å².